The number of hydrogen-bond acceptors (Lipinski definition) is 3. The molecule has 0 atom stereocenters. The van der Waals surface area contributed by atoms with Crippen LogP contribution in [0.1, 0.15) is 65.2 Å². The quantitative estimate of drug-likeness (QED) is 0.267. The topological polar surface area (TPSA) is 43.4 Å². The van der Waals surface area contributed by atoms with Crippen LogP contribution >= 0.6 is 0 Å². The van der Waals surface area contributed by atoms with Gasteiger partial charge in [-0.3, -0.25) is 9.59 Å². The fourth-order valence-electron chi connectivity index (χ4n) is 1.56. The second-order valence-corrected chi connectivity index (χ2v) is 4.15. The van der Waals surface area contributed by atoms with E-state index in [2.05, 4.69) is 23.8 Å². The molecule has 0 aliphatic rings. The Morgan fingerprint density at radius 1 is 1.00 bits per heavy atom. The second-order valence-electron chi connectivity index (χ2n) is 4.15. The molecular weight excluding hydrogens is 216 g/mol. The van der Waals surface area contributed by atoms with E-state index in [1.54, 1.807) is 0 Å². The van der Waals surface area contributed by atoms with Crippen molar-refractivity contribution in [2.45, 2.75) is 65.2 Å². The van der Waals surface area contributed by atoms with Crippen molar-refractivity contribution in [2.75, 3.05) is 0 Å². The number of allylic oxidation sites excluding steroid dienone is 2. The Hall–Kier alpha value is -1.12. The second kappa shape index (κ2) is 11.4. The van der Waals surface area contributed by atoms with Crippen molar-refractivity contribution in [3.8, 4) is 0 Å². The van der Waals surface area contributed by atoms with Crippen molar-refractivity contribution in [1.29, 1.82) is 0 Å². The predicted octanol–water partition coefficient (Wildman–Crippen LogP) is 3.77. The molecule has 0 saturated carbocycles. The highest BCUT2D eigenvalue weighted by atomic mass is 16.6. The van der Waals surface area contributed by atoms with Crippen LogP contribution in [0.3, 0.4) is 0 Å². The lowest BCUT2D eigenvalue weighted by Gasteiger charge is -2.00. The van der Waals surface area contributed by atoms with E-state index in [1.165, 1.54) is 19.8 Å². The highest BCUT2D eigenvalue weighted by molar-refractivity contribution is 5.83. The van der Waals surface area contributed by atoms with Gasteiger partial charge in [-0.1, -0.05) is 38.3 Å². The minimum atomic E-state index is -0.516. The predicted molar refractivity (Wildman–Crippen MR) is 68.5 cm³/mol. The zero-order valence-corrected chi connectivity index (χ0v) is 11.0. The zero-order chi connectivity index (χ0) is 12.9. The fourth-order valence-corrected chi connectivity index (χ4v) is 1.56. The SMILES string of the molecule is CCC=CCCCCCCCC(=O)OC(C)=O. The summed E-state index contributed by atoms with van der Waals surface area (Å²) in [6.07, 6.45) is 12.5. The molecule has 0 heterocycles. The lowest BCUT2D eigenvalue weighted by atomic mass is 10.1. The van der Waals surface area contributed by atoms with E-state index in [0.717, 1.165) is 32.1 Å². The van der Waals surface area contributed by atoms with E-state index >= 15 is 0 Å². The van der Waals surface area contributed by atoms with Gasteiger partial charge in [-0.2, -0.15) is 0 Å². The van der Waals surface area contributed by atoms with Crippen molar-refractivity contribution >= 4 is 11.9 Å². The number of hydrogen-bond donors (Lipinski definition) is 0. The van der Waals surface area contributed by atoms with Gasteiger partial charge in [0, 0.05) is 13.3 Å². The molecule has 0 amide bonds. The van der Waals surface area contributed by atoms with Gasteiger partial charge in [0.1, 0.15) is 0 Å². The van der Waals surface area contributed by atoms with Crippen LogP contribution in [0.15, 0.2) is 12.2 Å². The summed E-state index contributed by atoms with van der Waals surface area (Å²) in [5.41, 5.74) is 0. The molecule has 0 aromatic carbocycles. The van der Waals surface area contributed by atoms with Gasteiger partial charge in [0.05, 0.1) is 0 Å². The van der Waals surface area contributed by atoms with E-state index < -0.39 is 11.9 Å². The van der Waals surface area contributed by atoms with E-state index in [9.17, 15) is 9.59 Å². The average Bonchev–Trinajstić information content (AvgIpc) is 2.26. The van der Waals surface area contributed by atoms with Gasteiger partial charge in [-0.25, -0.2) is 0 Å². The molecule has 0 aliphatic carbocycles. The largest absolute Gasteiger partial charge is 0.393 e. The molecule has 0 aromatic heterocycles. The number of carbonyl (C=O) groups excluding carboxylic acids is 2. The smallest absolute Gasteiger partial charge is 0.313 e. The molecule has 0 bridgehead atoms. The van der Waals surface area contributed by atoms with E-state index in [4.69, 9.17) is 0 Å². The Labute approximate surface area is 104 Å². The van der Waals surface area contributed by atoms with Crippen LogP contribution in [0, 0.1) is 0 Å². The van der Waals surface area contributed by atoms with Crippen molar-refractivity contribution in [3.05, 3.63) is 12.2 Å². The van der Waals surface area contributed by atoms with Crippen molar-refractivity contribution < 1.29 is 14.3 Å². The van der Waals surface area contributed by atoms with Crippen molar-refractivity contribution in [2.24, 2.45) is 0 Å². The monoisotopic (exact) mass is 240 g/mol. The molecule has 98 valence electrons. The molecule has 0 fully saturated rings. The van der Waals surface area contributed by atoms with E-state index in [-0.39, 0.29) is 0 Å². The number of rotatable bonds is 9. The molecular formula is C14H24O3. The van der Waals surface area contributed by atoms with Gasteiger partial charge >= 0.3 is 11.9 Å². The van der Waals surface area contributed by atoms with Gasteiger partial charge in [0.15, 0.2) is 0 Å². The average molecular weight is 240 g/mol. The molecule has 3 heteroatoms. The lowest BCUT2D eigenvalue weighted by Crippen LogP contribution is -2.08. The first kappa shape index (κ1) is 15.9. The van der Waals surface area contributed by atoms with Gasteiger partial charge in [-0.15, -0.1) is 0 Å². The van der Waals surface area contributed by atoms with Crippen LogP contribution in [0.4, 0.5) is 0 Å². The zero-order valence-electron chi connectivity index (χ0n) is 11.0. The van der Waals surface area contributed by atoms with Crippen LogP contribution in [-0.2, 0) is 14.3 Å². The van der Waals surface area contributed by atoms with Crippen molar-refractivity contribution in [3.63, 3.8) is 0 Å². The van der Waals surface area contributed by atoms with Crippen LogP contribution < -0.4 is 0 Å². The lowest BCUT2D eigenvalue weighted by molar-refractivity contribution is -0.158. The summed E-state index contributed by atoms with van der Waals surface area (Å²) in [6.45, 7) is 3.39. The number of carbonyl (C=O) groups is 2. The summed E-state index contributed by atoms with van der Waals surface area (Å²) in [4.78, 5) is 21.5. The first-order chi connectivity index (χ1) is 8.16. The Kier molecular flexibility index (Phi) is 10.6. The molecule has 0 spiro atoms. The molecule has 0 aromatic rings. The third-order valence-corrected chi connectivity index (χ3v) is 2.41. The van der Waals surface area contributed by atoms with Gasteiger partial charge < -0.3 is 4.74 Å². The van der Waals surface area contributed by atoms with Crippen LogP contribution in [0.2, 0.25) is 0 Å². The molecule has 0 radical (unpaired) electrons. The number of esters is 2. The molecule has 0 rings (SSSR count). The fraction of sp³-hybridized carbons (Fsp3) is 0.714. The summed E-state index contributed by atoms with van der Waals surface area (Å²) >= 11 is 0. The first-order valence-corrected chi connectivity index (χ1v) is 6.53. The highest BCUT2D eigenvalue weighted by Crippen LogP contribution is 2.08. The minimum absolute atomic E-state index is 0.356. The Balaban J connectivity index is 3.21. The maximum atomic E-state index is 11.0. The minimum Gasteiger partial charge on any atom is -0.393 e. The van der Waals surface area contributed by atoms with Crippen LogP contribution in [-0.4, -0.2) is 11.9 Å². The van der Waals surface area contributed by atoms with Crippen molar-refractivity contribution in [1.82, 2.24) is 0 Å². The molecule has 0 unspecified atom stereocenters. The Bertz CT molecular complexity index is 244. The molecule has 0 N–H and O–H groups in total. The van der Waals surface area contributed by atoms with Crippen LogP contribution in [0.5, 0.6) is 0 Å². The van der Waals surface area contributed by atoms with Gasteiger partial charge in [0.25, 0.3) is 0 Å². The number of ether oxygens (including phenoxy) is 1. The first-order valence-electron chi connectivity index (χ1n) is 6.53. The maximum absolute atomic E-state index is 11.0. The number of unbranched alkanes of at least 4 members (excludes halogenated alkanes) is 5. The summed E-state index contributed by atoms with van der Waals surface area (Å²) in [5.74, 6) is -0.916. The normalized spacial score (nSPS) is 10.7. The highest BCUT2D eigenvalue weighted by Gasteiger charge is 2.04. The maximum Gasteiger partial charge on any atom is 0.313 e. The summed E-state index contributed by atoms with van der Waals surface area (Å²) in [6, 6.07) is 0. The Morgan fingerprint density at radius 3 is 2.29 bits per heavy atom. The molecule has 3 nitrogen and oxygen atoms in total. The van der Waals surface area contributed by atoms with E-state index in [1.807, 2.05) is 0 Å². The summed E-state index contributed by atoms with van der Waals surface area (Å²) in [7, 11) is 0. The Morgan fingerprint density at radius 2 is 1.65 bits per heavy atom. The standard InChI is InChI=1S/C14H24O3/c1-3-4-5-6-7-8-9-10-11-12-14(16)17-13(2)15/h4-5H,3,6-12H2,1-2H3. The molecule has 17 heavy (non-hydrogen) atoms. The molecule has 0 aliphatic heterocycles. The summed E-state index contributed by atoms with van der Waals surface area (Å²) in [5, 5.41) is 0. The van der Waals surface area contributed by atoms with Gasteiger partial charge in [0.2, 0.25) is 0 Å². The van der Waals surface area contributed by atoms with E-state index in [0.29, 0.717) is 6.42 Å². The molecule has 0 saturated heterocycles. The van der Waals surface area contributed by atoms with Gasteiger partial charge in [-0.05, 0) is 25.7 Å². The third kappa shape index (κ3) is 12.8. The van der Waals surface area contributed by atoms with Crippen LogP contribution in [0.25, 0.3) is 0 Å². The third-order valence-electron chi connectivity index (χ3n) is 2.41. The summed E-state index contributed by atoms with van der Waals surface area (Å²) < 4.78 is 4.44.